The number of carbonyl (C=O) groups is 1. The van der Waals surface area contributed by atoms with Gasteiger partial charge in [0.25, 0.3) is 0 Å². The van der Waals surface area contributed by atoms with Gasteiger partial charge in [-0.1, -0.05) is 0 Å². The molecule has 0 spiro atoms. The first kappa shape index (κ1) is 13.2. The first-order valence-corrected chi connectivity index (χ1v) is 5.59. The topological polar surface area (TPSA) is 49.8 Å². The second-order valence-corrected chi connectivity index (χ2v) is 5.13. The highest BCUT2D eigenvalue weighted by molar-refractivity contribution is 5.68. The smallest absolute Gasteiger partial charge is 0.410 e. The maximum atomic E-state index is 13.2. The predicted molar refractivity (Wildman–Crippen MR) is 57.9 cm³/mol. The average molecular weight is 233 g/mol. The summed E-state index contributed by atoms with van der Waals surface area (Å²) < 4.78 is 18.4. The molecule has 1 heterocycles. The zero-order chi connectivity index (χ0) is 12.3. The predicted octanol–water partition coefficient (Wildman–Crippen LogP) is 1.72. The van der Waals surface area contributed by atoms with Crippen molar-refractivity contribution in [2.24, 2.45) is 0 Å². The number of nitrogens with zero attached hydrogens (tertiary/aromatic N) is 1. The number of ether oxygens (including phenoxy) is 1. The Balaban J connectivity index is 2.51. The number of aliphatic hydroxyl groups excluding tert-OH is 1. The van der Waals surface area contributed by atoms with Gasteiger partial charge in [0.1, 0.15) is 11.8 Å². The summed E-state index contributed by atoms with van der Waals surface area (Å²) in [6, 6.07) is 0. The fourth-order valence-electron chi connectivity index (χ4n) is 1.56. The molecule has 0 bridgehead atoms. The van der Waals surface area contributed by atoms with Crippen LogP contribution in [0.4, 0.5) is 9.18 Å². The first-order valence-electron chi connectivity index (χ1n) is 5.59. The molecule has 0 saturated carbocycles. The van der Waals surface area contributed by atoms with E-state index in [1.807, 2.05) is 0 Å². The van der Waals surface area contributed by atoms with Gasteiger partial charge in [0, 0.05) is 13.1 Å². The number of hydrogen-bond donors (Lipinski definition) is 1. The molecule has 1 N–H and O–H groups in total. The molecule has 1 aliphatic rings. The summed E-state index contributed by atoms with van der Waals surface area (Å²) in [7, 11) is 0. The molecule has 0 aliphatic carbocycles. The molecule has 0 unspecified atom stereocenters. The van der Waals surface area contributed by atoms with Crippen molar-refractivity contribution in [2.75, 3.05) is 13.1 Å². The highest BCUT2D eigenvalue weighted by atomic mass is 19.1. The van der Waals surface area contributed by atoms with Crippen molar-refractivity contribution in [3.63, 3.8) is 0 Å². The molecule has 0 aromatic rings. The number of carbonyl (C=O) groups excluding carboxylic acids is 1. The molecule has 1 rings (SSSR count). The monoisotopic (exact) mass is 233 g/mol. The normalized spacial score (nSPS) is 27.4. The first-order chi connectivity index (χ1) is 7.29. The lowest BCUT2D eigenvalue weighted by atomic mass is 10.1. The van der Waals surface area contributed by atoms with E-state index < -0.39 is 24.0 Å². The van der Waals surface area contributed by atoms with Crippen LogP contribution in [0.25, 0.3) is 0 Å². The molecule has 16 heavy (non-hydrogen) atoms. The van der Waals surface area contributed by atoms with Crippen LogP contribution in [-0.2, 0) is 4.74 Å². The zero-order valence-corrected chi connectivity index (χ0v) is 10.1. The molecule has 0 aromatic heterocycles. The molecule has 94 valence electrons. The van der Waals surface area contributed by atoms with Crippen LogP contribution in [0, 0.1) is 0 Å². The van der Waals surface area contributed by atoms with Crippen LogP contribution in [0.15, 0.2) is 0 Å². The summed E-state index contributed by atoms with van der Waals surface area (Å²) in [5.41, 5.74) is -0.545. The minimum Gasteiger partial charge on any atom is -0.444 e. The molecule has 0 radical (unpaired) electrons. The van der Waals surface area contributed by atoms with E-state index in [0.717, 1.165) is 0 Å². The maximum Gasteiger partial charge on any atom is 0.410 e. The van der Waals surface area contributed by atoms with Gasteiger partial charge in [-0.05, 0) is 33.6 Å². The van der Waals surface area contributed by atoms with Crippen molar-refractivity contribution < 1.29 is 19.0 Å². The fraction of sp³-hybridized carbons (Fsp3) is 0.909. The van der Waals surface area contributed by atoms with Gasteiger partial charge in [-0.25, -0.2) is 9.18 Å². The Morgan fingerprint density at radius 2 is 1.94 bits per heavy atom. The Morgan fingerprint density at radius 3 is 2.50 bits per heavy atom. The Morgan fingerprint density at radius 1 is 1.38 bits per heavy atom. The van der Waals surface area contributed by atoms with Crippen LogP contribution in [0.3, 0.4) is 0 Å². The summed E-state index contributed by atoms with van der Waals surface area (Å²) in [4.78, 5) is 13.1. The molecule has 5 heteroatoms. The van der Waals surface area contributed by atoms with Crippen LogP contribution in [-0.4, -0.2) is 47.1 Å². The van der Waals surface area contributed by atoms with Crippen molar-refractivity contribution >= 4 is 6.09 Å². The minimum atomic E-state index is -1.24. The Labute approximate surface area is 95.4 Å². The molecule has 1 aliphatic heterocycles. The van der Waals surface area contributed by atoms with Gasteiger partial charge in [0.05, 0.1) is 6.10 Å². The standard InChI is InChI=1S/C11H20FNO3/c1-11(2,3)16-10(15)13-6-4-8(12)9(14)5-7-13/h8-9,14H,4-7H2,1-3H3/t8-,9+/m0/s1. The molecule has 4 nitrogen and oxygen atoms in total. The number of likely N-dealkylation sites (tertiary alicyclic amines) is 1. The van der Waals surface area contributed by atoms with E-state index in [0.29, 0.717) is 13.1 Å². The van der Waals surface area contributed by atoms with E-state index in [2.05, 4.69) is 0 Å². The van der Waals surface area contributed by atoms with E-state index in [-0.39, 0.29) is 12.8 Å². The number of aliphatic hydroxyl groups is 1. The van der Waals surface area contributed by atoms with E-state index in [9.17, 15) is 14.3 Å². The molecule has 2 atom stereocenters. The Hall–Kier alpha value is -0.840. The van der Waals surface area contributed by atoms with Crippen LogP contribution in [0.2, 0.25) is 0 Å². The number of rotatable bonds is 0. The van der Waals surface area contributed by atoms with Crippen LogP contribution >= 0.6 is 0 Å². The lowest BCUT2D eigenvalue weighted by Crippen LogP contribution is -2.37. The van der Waals surface area contributed by atoms with Gasteiger partial charge >= 0.3 is 6.09 Å². The summed E-state index contributed by atoms with van der Waals surface area (Å²) >= 11 is 0. The van der Waals surface area contributed by atoms with Crippen molar-refractivity contribution in [1.82, 2.24) is 4.90 Å². The van der Waals surface area contributed by atoms with Crippen LogP contribution < -0.4 is 0 Å². The van der Waals surface area contributed by atoms with Crippen molar-refractivity contribution in [1.29, 1.82) is 0 Å². The lowest BCUT2D eigenvalue weighted by molar-refractivity contribution is 0.0251. The van der Waals surface area contributed by atoms with Crippen molar-refractivity contribution in [2.45, 2.75) is 51.5 Å². The van der Waals surface area contributed by atoms with E-state index in [4.69, 9.17) is 4.74 Å². The molecule has 1 saturated heterocycles. The molecule has 0 aromatic carbocycles. The van der Waals surface area contributed by atoms with Crippen molar-refractivity contribution in [3.8, 4) is 0 Å². The number of amides is 1. The summed E-state index contributed by atoms with van der Waals surface area (Å²) in [5.74, 6) is 0. The number of hydrogen-bond acceptors (Lipinski definition) is 3. The van der Waals surface area contributed by atoms with Crippen LogP contribution in [0.5, 0.6) is 0 Å². The third-order valence-electron chi connectivity index (χ3n) is 2.44. The Bertz CT molecular complexity index is 240. The SMILES string of the molecule is CC(C)(C)OC(=O)N1CC[C@@H](O)[C@@H](F)CC1. The fourth-order valence-corrected chi connectivity index (χ4v) is 1.56. The minimum absolute atomic E-state index is 0.167. The zero-order valence-electron chi connectivity index (χ0n) is 10.1. The van der Waals surface area contributed by atoms with Gasteiger partial charge in [-0.3, -0.25) is 0 Å². The highest BCUT2D eigenvalue weighted by Gasteiger charge is 2.28. The highest BCUT2D eigenvalue weighted by Crippen LogP contribution is 2.17. The van der Waals surface area contributed by atoms with Gasteiger partial charge in [0.2, 0.25) is 0 Å². The molecular weight excluding hydrogens is 213 g/mol. The molecule has 1 amide bonds. The second kappa shape index (κ2) is 4.99. The summed E-state index contributed by atoms with van der Waals surface area (Å²) in [6.45, 7) is 6.00. The Kier molecular flexibility index (Phi) is 4.13. The number of alkyl halides is 1. The summed E-state index contributed by atoms with van der Waals surface area (Å²) in [5, 5.41) is 9.34. The van der Waals surface area contributed by atoms with Gasteiger partial charge in [0.15, 0.2) is 0 Å². The third-order valence-corrected chi connectivity index (χ3v) is 2.44. The average Bonchev–Trinajstić information content (AvgIpc) is 2.28. The van der Waals surface area contributed by atoms with Crippen LogP contribution in [0.1, 0.15) is 33.6 Å². The second-order valence-electron chi connectivity index (χ2n) is 5.13. The van der Waals surface area contributed by atoms with E-state index in [1.165, 1.54) is 4.90 Å². The quantitative estimate of drug-likeness (QED) is 0.693. The van der Waals surface area contributed by atoms with Gasteiger partial charge in [-0.15, -0.1) is 0 Å². The van der Waals surface area contributed by atoms with Gasteiger partial charge in [-0.2, -0.15) is 0 Å². The molecule has 1 fully saturated rings. The van der Waals surface area contributed by atoms with E-state index in [1.54, 1.807) is 20.8 Å². The lowest BCUT2D eigenvalue weighted by Gasteiger charge is -2.26. The van der Waals surface area contributed by atoms with Crippen molar-refractivity contribution in [3.05, 3.63) is 0 Å². The van der Waals surface area contributed by atoms with E-state index >= 15 is 0 Å². The molecular formula is C11H20FNO3. The largest absolute Gasteiger partial charge is 0.444 e. The maximum absolute atomic E-state index is 13.2. The third kappa shape index (κ3) is 3.96. The number of halogens is 1. The van der Waals surface area contributed by atoms with Gasteiger partial charge < -0.3 is 14.7 Å². The summed E-state index contributed by atoms with van der Waals surface area (Å²) in [6.07, 6.45) is -2.21.